The van der Waals surface area contributed by atoms with Crippen molar-refractivity contribution in [1.82, 2.24) is 19.5 Å². The van der Waals surface area contributed by atoms with Crippen LogP contribution in [0.15, 0.2) is 24.5 Å². The molecule has 0 saturated carbocycles. The Labute approximate surface area is 126 Å². The predicted octanol–water partition coefficient (Wildman–Crippen LogP) is 3.37. The Kier molecular flexibility index (Phi) is 3.59. The van der Waals surface area contributed by atoms with Gasteiger partial charge >= 0.3 is 0 Å². The lowest BCUT2D eigenvalue weighted by atomic mass is 10.2. The van der Waals surface area contributed by atoms with Crippen molar-refractivity contribution in [3.63, 3.8) is 0 Å². The van der Waals surface area contributed by atoms with Gasteiger partial charge in [0.15, 0.2) is 0 Å². The molecule has 2 aromatic heterocycles. The maximum absolute atomic E-state index is 13.7. The molecule has 21 heavy (non-hydrogen) atoms. The van der Waals surface area contributed by atoms with E-state index < -0.39 is 0 Å². The SMILES string of the molecule is Cc1cnc(Cn2c(CCl)nc3cc(F)c(C)cc32)cn1. The molecule has 6 heteroatoms. The highest BCUT2D eigenvalue weighted by molar-refractivity contribution is 6.16. The summed E-state index contributed by atoms with van der Waals surface area (Å²) >= 11 is 5.96. The van der Waals surface area contributed by atoms with Crippen LogP contribution in [0.4, 0.5) is 4.39 Å². The first-order valence-corrected chi connectivity index (χ1v) is 7.10. The molecule has 0 saturated heterocycles. The molecule has 0 atom stereocenters. The molecule has 0 amide bonds. The third-order valence-corrected chi connectivity index (χ3v) is 3.62. The first kappa shape index (κ1) is 13.9. The molecule has 3 aromatic rings. The van der Waals surface area contributed by atoms with Gasteiger partial charge in [-0.1, -0.05) is 0 Å². The van der Waals surface area contributed by atoms with Crippen LogP contribution in [0.5, 0.6) is 0 Å². The minimum atomic E-state index is -0.261. The average Bonchev–Trinajstić information content (AvgIpc) is 2.79. The number of fused-ring (bicyclic) bond motifs is 1. The van der Waals surface area contributed by atoms with E-state index >= 15 is 0 Å². The van der Waals surface area contributed by atoms with E-state index in [1.807, 2.05) is 11.5 Å². The van der Waals surface area contributed by atoms with Crippen LogP contribution in [0, 0.1) is 19.7 Å². The summed E-state index contributed by atoms with van der Waals surface area (Å²) in [7, 11) is 0. The number of halogens is 2. The van der Waals surface area contributed by atoms with E-state index in [1.165, 1.54) is 6.07 Å². The maximum atomic E-state index is 13.7. The van der Waals surface area contributed by atoms with E-state index in [2.05, 4.69) is 15.0 Å². The zero-order valence-electron chi connectivity index (χ0n) is 11.8. The van der Waals surface area contributed by atoms with Crippen molar-refractivity contribution in [1.29, 1.82) is 0 Å². The van der Waals surface area contributed by atoms with Crippen LogP contribution in [-0.4, -0.2) is 19.5 Å². The van der Waals surface area contributed by atoms with E-state index in [4.69, 9.17) is 11.6 Å². The molecule has 1 aromatic carbocycles. The fourth-order valence-corrected chi connectivity index (χ4v) is 2.45. The second kappa shape index (κ2) is 5.41. The van der Waals surface area contributed by atoms with Crippen LogP contribution in [0.25, 0.3) is 11.0 Å². The molecule has 3 rings (SSSR count). The van der Waals surface area contributed by atoms with Gasteiger partial charge in [-0.15, -0.1) is 11.6 Å². The zero-order chi connectivity index (χ0) is 15.0. The van der Waals surface area contributed by atoms with Crippen LogP contribution >= 0.6 is 11.6 Å². The van der Waals surface area contributed by atoms with Gasteiger partial charge in [-0.25, -0.2) is 9.37 Å². The summed E-state index contributed by atoms with van der Waals surface area (Å²) in [6.07, 6.45) is 3.45. The Bertz CT molecular complexity index is 796. The molecular formula is C15H14ClFN4. The minimum absolute atomic E-state index is 0.259. The second-order valence-electron chi connectivity index (χ2n) is 4.99. The van der Waals surface area contributed by atoms with Gasteiger partial charge in [0.2, 0.25) is 0 Å². The van der Waals surface area contributed by atoms with Crippen molar-refractivity contribution >= 4 is 22.6 Å². The lowest BCUT2D eigenvalue weighted by Gasteiger charge is -2.07. The number of hydrogen-bond acceptors (Lipinski definition) is 3. The number of hydrogen-bond donors (Lipinski definition) is 0. The number of benzene rings is 1. The third kappa shape index (κ3) is 2.61. The molecule has 0 spiro atoms. The molecule has 0 aliphatic rings. The molecule has 108 valence electrons. The molecule has 0 unspecified atom stereocenters. The summed E-state index contributed by atoms with van der Waals surface area (Å²) in [6.45, 7) is 4.13. The molecule has 0 fully saturated rings. The van der Waals surface area contributed by atoms with E-state index in [0.717, 1.165) is 16.9 Å². The maximum Gasteiger partial charge on any atom is 0.128 e. The lowest BCUT2D eigenvalue weighted by molar-refractivity contribution is 0.620. The fraction of sp³-hybridized carbons (Fsp3) is 0.267. The number of imidazole rings is 1. The number of alkyl halides is 1. The highest BCUT2D eigenvalue weighted by atomic mass is 35.5. The first-order chi connectivity index (χ1) is 10.1. The second-order valence-corrected chi connectivity index (χ2v) is 5.25. The van der Waals surface area contributed by atoms with Crippen LogP contribution in [-0.2, 0) is 12.4 Å². The van der Waals surface area contributed by atoms with Crippen LogP contribution in [0.2, 0.25) is 0 Å². The van der Waals surface area contributed by atoms with E-state index in [0.29, 0.717) is 23.4 Å². The minimum Gasteiger partial charge on any atom is -0.321 e. The summed E-state index contributed by atoms with van der Waals surface area (Å²) in [4.78, 5) is 13.0. The Hall–Kier alpha value is -2.01. The summed E-state index contributed by atoms with van der Waals surface area (Å²) in [6, 6.07) is 3.23. The quantitative estimate of drug-likeness (QED) is 0.697. The van der Waals surface area contributed by atoms with E-state index in [1.54, 1.807) is 25.4 Å². The molecule has 4 nitrogen and oxygen atoms in total. The van der Waals surface area contributed by atoms with Crippen LogP contribution in [0.1, 0.15) is 22.8 Å². The molecule has 0 aliphatic heterocycles. The Balaban J connectivity index is 2.11. The molecule has 2 heterocycles. The van der Waals surface area contributed by atoms with E-state index in [9.17, 15) is 4.39 Å². The fourth-order valence-electron chi connectivity index (χ4n) is 2.24. The summed E-state index contributed by atoms with van der Waals surface area (Å²) in [5.41, 5.74) is 3.72. The van der Waals surface area contributed by atoms with Crippen molar-refractivity contribution in [3.05, 3.63) is 53.1 Å². The highest BCUT2D eigenvalue weighted by Crippen LogP contribution is 2.22. The summed E-state index contributed by atoms with van der Waals surface area (Å²) < 4.78 is 15.6. The van der Waals surface area contributed by atoms with Gasteiger partial charge in [0.25, 0.3) is 0 Å². The topological polar surface area (TPSA) is 43.6 Å². The predicted molar refractivity (Wildman–Crippen MR) is 79.9 cm³/mol. The lowest BCUT2D eigenvalue weighted by Crippen LogP contribution is -2.06. The van der Waals surface area contributed by atoms with Crippen molar-refractivity contribution in [2.75, 3.05) is 0 Å². The van der Waals surface area contributed by atoms with Crippen molar-refractivity contribution in [2.24, 2.45) is 0 Å². The molecule has 0 N–H and O–H groups in total. The van der Waals surface area contributed by atoms with Gasteiger partial charge in [0.05, 0.1) is 41.0 Å². The molecule has 0 aliphatic carbocycles. The smallest absolute Gasteiger partial charge is 0.128 e. The van der Waals surface area contributed by atoms with E-state index in [-0.39, 0.29) is 11.7 Å². The Morgan fingerprint density at radius 2 is 2.00 bits per heavy atom. The molecule has 0 radical (unpaired) electrons. The average molecular weight is 305 g/mol. The standard InChI is InChI=1S/C15H14ClFN4/c1-9-3-14-13(4-12(9)17)20-15(5-16)21(14)8-11-7-18-10(2)6-19-11/h3-4,6-7H,5,8H2,1-2H3. The van der Waals surface area contributed by atoms with Gasteiger partial charge < -0.3 is 4.57 Å². The van der Waals surface area contributed by atoms with Crippen molar-refractivity contribution in [3.8, 4) is 0 Å². The first-order valence-electron chi connectivity index (χ1n) is 6.57. The van der Waals surface area contributed by atoms with Gasteiger partial charge in [-0.3, -0.25) is 9.97 Å². The number of rotatable bonds is 3. The largest absolute Gasteiger partial charge is 0.321 e. The number of aromatic nitrogens is 4. The monoisotopic (exact) mass is 304 g/mol. The molecule has 0 bridgehead atoms. The number of aryl methyl sites for hydroxylation is 2. The highest BCUT2D eigenvalue weighted by Gasteiger charge is 2.13. The summed E-state index contributed by atoms with van der Waals surface area (Å²) in [5.74, 6) is 0.691. The Morgan fingerprint density at radius 1 is 1.19 bits per heavy atom. The van der Waals surface area contributed by atoms with Crippen LogP contribution < -0.4 is 0 Å². The molecular weight excluding hydrogens is 291 g/mol. The van der Waals surface area contributed by atoms with Crippen LogP contribution in [0.3, 0.4) is 0 Å². The zero-order valence-corrected chi connectivity index (χ0v) is 12.5. The summed E-state index contributed by atoms with van der Waals surface area (Å²) in [5, 5.41) is 0. The number of nitrogens with zero attached hydrogens (tertiary/aromatic N) is 4. The van der Waals surface area contributed by atoms with Gasteiger partial charge in [0.1, 0.15) is 11.6 Å². The van der Waals surface area contributed by atoms with Gasteiger partial charge in [0, 0.05) is 12.3 Å². The van der Waals surface area contributed by atoms with Gasteiger partial charge in [-0.2, -0.15) is 0 Å². The third-order valence-electron chi connectivity index (χ3n) is 3.38. The van der Waals surface area contributed by atoms with Crippen molar-refractivity contribution in [2.45, 2.75) is 26.3 Å². The Morgan fingerprint density at radius 3 is 2.67 bits per heavy atom. The normalized spacial score (nSPS) is 11.2. The van der Waals surface area contributed by atoms with Crippen molar-refractivity contribution < 1.29 is 4.39 Å². The van der Waals surface area contributed by atoms with Gasteiger partial charge in [-0.05, 0) is 25.5 Å².